The SMILES string of the molecule is c1ccc(N(c2ccc3c(c2)C(c2ccccc2)(c2ccccc2)c2cc(N(c4ccccc4)c4cccc5c4oc4ncccc45)c4ccccc4c2-3)c2cccc3c2oc2ncccc23)cc1. The molecule has 0 spiro atoms. The fourth-order valence-corrected chi connectivity index (χ4v) is 11.2. The van der Waals surface area contributed by atoms with E-state index < -0.39 is 5.41 Å². The Morgan fingerprint density at radius 2 is 0.812 bits per heavy atom. The van der Waals surface area contributed by atoms with Crippen LogP contribution in [0.1, 0.15) is 22.3 Å². The lowest BCUT2D eigenvalue weighted by molar-refractivity contribution is 0.654. The fraction of sp³-hybridized carbons (Fsp3) is 0.0159. The highest BCUT2D eigenvalue weighted by atomic mass is 16.3. The van der Waals surface area contributed by atoms with Gasteiger partial charge in [-0.1, -0.05) is 152 Å². The summed E-state index contributed by atoms with van der Waals surface area (Å²) in [6.07, 6.45) is 3.58. The van der Waals surface area contributed by atoms with Crippen molar-refractivity contribution in [2.75, 3.05) is 9.80 Å². The zero-order chi connectivity index (χ0) is 45.5. The van der Waals surface area contributed by atoms with Gasteiger partial charge >= 0.3 is 0 Å². The maximum Gasteiger partial charge on any atom is 0.227 e. The molecule has 0 fully saturated rings. The summed E-state index contributed by atoms with van der Waals surface area (Å²) in [5.41, 5.74) is 15.1. The number of pyridine rings is 2. The van der Waals surface area contributed by atoms with Crippen LogP contribution < -0.4 is 9.80 Å². The first-order valence-corrected chi connectivity index (χ1v) is 23.3. The standard InChI is InChI=1S/C63H40N4O2/c1-5-19-41(20-6-1)63(42-21-7-2-8-22-42)53-39-45(66(43-23-9-3-10-24-43)55-33-15-29-48-50-31-17-37-64-61(50)68-59(48)55)35-36-52(53)58-47-28-14-13-27-46(47)57(40-54(58)63)67(44-25-11-4-12-26-44)56-34-16-30-49-51-32-18-38-65-62(51)69-60(49)56/h1-40H. The zero-order valence-corrected chi connectivity index (χ0v) is 37.2. The van der Waals surface area contributed by atoms with Crippen LogP contribution >= 0.6 is 0 Å². The van der Waals surface area contributed by atoms with Crippen molar-refractivity contribution >= 4 is 89.0 Å². The van der Waals surface area contributed by atoms with E-state index in [1.807, 2.05) is 12.1 Å². The Bertz CT molecular complexity index is 4050. The minimum Gasteiger partial charge on any atom is -0.435 e. The number of rotatable bonds is 8. The molecule has 6 nitrogen and oxygen atoms in total. The molecule has 13 aromatic rings. The second kappa shape index (κ2) is 15.4. The number of aromatic nitrogens is 2. The number of para-hydroxylation sites is 4. The van der Waals surface area contributed by atoms with Crippen LogP contribution in [0.15, 0.2) is 252 Å². The lowest BCUT2D eigenvalue weighted by Gasteiger charge is -2.36. The van der Waals surface area contributed by atoms with Crippen molar-refractivity contribution in [3.05, 3.63) is 265 Å². The van der Waals surface area contributed by atoms with Gasteiger partial charge in [0.1, 0.15) is 0 Å². The maximum atomic E-state index is 6.73. The molecule has 0 saturated heterocycles. The summed E-state index contributed by atoms with van der Waals surface area (Å²) in [6, 6.07) is 82.6. The van der Waals surface area contributed by atoms with Gasteiger partial charge in [0.15, 0.2) is 11.2 Å². The minimum absolute atomic E-state index is 0.614. The first-order chi connectivity index (χ1) is 34.3. The van der Waals surface area contributed by atoms with Crippen LogP contribution in [0.25, 0.3) is 66.0 Å². The van der Waals surface area contributed by atoms with Crippen LogP contribution in [-0.2, 0) is 5.41 Å². The Morgan fingerprint density at radius 3 is 1.39 bits per heavy atom. The smallest absolute Gasteiger partial charge is 0.227 e. The van der Waals surface area contributed by atoms with Gasteiger partial charge in [0.25, 0.3) is 0 Å². The fourth-order valence-electron chi connectivity index (χ4n) is 11.2. The van der Waals surface area contributed by atoms with Gasteiger partial charge in [-0.15, -0.1) is 0 Å². The van der Waals surface area contributed by atoms with Crippen LogP contribution in [0, 0.1) is 0 Å². The molecule has 6 heteroatoms. The van der Waals surface area contributed by atoms with Gasteiger partial charge in [0, 0.05) is 56.4 Å². The Balaban J connectivity index is 1.09. The highest BCUT2D eigenvalue weighted by Gasteiger charge is 2.48. The van der Waals surface area contributed by atoms with E-state index in [1.165, 1.54) is 33.4 Å². The van der Waals surface area contributed by atoms with Crippen LogP contribution in [0.4, 0.5) is 34.1 Å². The second-order valence-corrected chi connectivity index (χ2v) is 17.6. The second-order valence-electron chi connectivity index (χ2n) is 17.6. The van der Waals surface area contributed by atoms with Gasteiger partial charge in [0.05, 0.1) is 22.5 Å². The van der Waals surface area contributed by atoms with Gasteiger partial charge in [-0.3, -0.25) is 0 Å². The van der Waals surface area contributed by atoms with Gasteiger partial charge in [-0.05, 0) is 118 Å². The number of hydrogen-bond donors (Lipinski definition) is 0. The van der Waals surface area contributed by atoms with E-state index in [2.05, 4.69) is 238 Å². The van der Waals surface area contributed by atoms with Crippen molar-refractivity contribution in [3.8, 4) is 11.1 Å². The van der Waals surface area contributed by atoms with E-state index in [-0.39, 0.29) is 0 Å². The topological polar surface area (TPSA) is 58.5 Å². The third kappa shape index (κ3) is 5.79. The molecule has 14 rings (SSSR count). The molecule has 0 bridgehead atoms. The molecule has 4 heterocycles. The Hall–Kier alpha value is -9.26. The summed E-state index contributed by atoms with van der Waals surface area (Å²) in [5.74, 6) is 0. The van der Waals surface area contributed by atoms with Crippen molar-refractivity contribution in [1.82, 2.24) is 9.97 Å². The van der Waals surface area contributed by atoms with E-state index in [0.29, 0.717) is 11.4 Å². The summed E-state index contributed by atoms with van der Waals surface area (Å²) in [5, 5.41) is 6.28. The van der Waals surface area contributed by atoms with Crippen LogP contribution in [0.5, 0.6) is 0 Å². The molecule has 1 aliphatic rings. The van der Waals surface area contributed by atoms with Gasteiger partial charge in [-0.2, -0.15) is 0 Å². The Labute approximate surface area is 397 Å². The number of anilines is 6. The Kier molecular flexibility index (Phi) is 8.70. The number of benzene rings is 9. The summed E-state index contributed by atoms with van der Waals surface area (Å²) in [7, 11) is 0. The largest absolute Gasteiger partial charge is 0.435 e. The van der Waals surface area contributed by atoms with Crippen LogP contribution in [0.3, 0.4) is 0 Å². The van der Waals surface area contributed by atoms with E-state index >= 15 is 0 Å². The van der Waals surface area contributed by atoms with Crippen molar-refractivity contribution in [3.63, 3.8) is 0 Å². The quantitative estimate of drug-likeness (QED) is 0.152. The van der Waals surface area contributed by atoms with Crippen molar-refractivity contribution in [2.24, 2.45) is 0 Å². The molecule has 4 aromatic heterocycles. The molecular formula is C63H40N4O2. The van der Waals surface area contributed by atoms with E-state index in [9.17, 15) is 0 Å². The van der Waals surface area contributed by atoms with Crippen molar-refractivity contribution < 1.29 is 8.83 Å². The lowest BCUT2D eigenvalue weighted by Crippen LogP contribution is -2.29. The van der Waals surface area contributed by atoms with Crippen LogP contribution in [-0.4, -0.2) is 9.97 Å². The summed E-state index contributed by atoms with van der Waals surface area (Å²) < 4.78 is 13.4. The molecule has 0 amide bonds. The maximum absolute atomic E-state index is 6.73. The first kappa shape index (κ1) is 39.0. The summed E-state index contributed by atoms with van der Waals surface area (Å²) in [4.78, 5) is 14.0. The third-order valence-corrected chi connectivity index (χ3v) is 14.0. The summed E-state index contributed by atoms with van der Waals surface area (Å²) >= 11 is 0. The van der Waals surface area contributed by atoms with E-state index in [0.717, 1.165) is 77.6 Å². The number of fused-ring (bicyclic) bond motifs is 11. The molecule has 9 aromatic carbocycles. The van der Waals surface area contributed by atoms with E-state index in [4.69, 9.17) is 8.83 Å². The monoisotopic (exact) mass is 884 g/mol. The number of nitrogens with zero attached hydrogens (tertiary/aromatic N) is 4. The highest BCUT2D eigenvalue weighted by Crippen LogP contribution is 2.61. The van der Waals surface area contributed by atoms with Gasteiger partial charge in [-0.25, -0.2) is 9.97 Å². The highest BCUT2D eigenvalue weighted by molar-refractivity contribution is 6.15. The zero-order valence-electron chi connectivity index (χ0n) is 37.2. The number of furan rings is 2. The van der Waals surface area contributed by atoms with Gasteiger partial charge in [0.2, 0.25) is 11.4 Å². The summed E-state index contributed by atoms with van der Waals surface area (Å²) in [6.45, 7) is 0. The molecular weight excluding hydrogens is 845 g/mol. The Morgan fingerprint density at radius 1 is 0.333 bits per heavy atom. The molecule has 0 N–H and O–H groups in total. The van der Waals surface area contributed by atoms with E-state index in [1.54, 1.807) is 12.4 Å². The van der Waals surface area contributed by atoms with Crippen LogP contribution in [0.2, 0.25) is 0 Å². The molecule has 0 radical (unpaired) electrons. The average Bonchev–Trinajstić information content (AvgIpc) is 4.09. The predicted molar refractivity (Wildman–Crippen MR) is 281 cm³/mol. The normalized spacial score (nSPS) is 12.8. The molecule has 0 aliphatic heterocycles. The third-order valence-electron chi connectivity index (χ3n) is 14.0. The molecule has 0 atom stereocenters. The molecule has 1 aliphatic carbocycles. The molecule has 0 unspecified atom stereocenters. The first-order valence-electron chi connectivity index (χ1n) is 23.3. The molecule has 324 valence electrons. The predicted octanol–water partition coefficient (Wildman–Crippen LogP) is 16.7. The minimum atomic E-state index is -0.767. The molecule has 0 saturated carbocycles. The van der Waals surface area contributed by atoms with Gasteiger partial charge < -0.3 is 18.6 Å². The van der Waals surface area contributed by atoms with Crippen molar-refractivity contribution in [2.45, 2.75) is 5.41 Å². The lowest BCUT2D eigenvalue weighted by atomic mass is 9.67. The van der Waals surface area contributed by atoms with Crippen molar-refractivity contribution in [1.29, 1.82) is 0 Å². The number of hydrogen-bond acceptors (Lipinski definition) is 6. The molecule has 69 heavy (non-hydrogen) atoms. The average molecular weight is 885 g/mol.